The van der Waals surface area contributed by atoms with E-state index in [4.69, 9.17) is 22.1 Å². The van der Waals surface area contributed by atoms with Gasteiger partial charge in [-0.15, -0.1) is 0 Å². The third-order valence-electron chi connectivity index (χ3n) is 2.76. The van der Waals surface area contributed by atoms with Crippen molar-refractivity contribution in [2.45, 2.75) is 25.5 Å². The zero-order valence-corrected chi connectivity index (χ0v) is 11.4. The Labute approximate surface area is 112 Å². The summed E-state index contributed by atoms with van der Waals surface area (Å²) in [6.07, 6.45) is 0.00497. The molecule has 0 bridgehead atoms. The molecule has 0 spiro atoms. The molecule has 0 aliphatic carbocycles. The quantitative estimate of drug-likeness (QED) is 0.830. The number of carbonyl (C=O) groups excluding carboxylic acids is 1. The molecule has 0 fully saturated rings. The fraction of sp³-hybridized carbons (Fsp3) is 0.462. The van der Waals surface area contributed by atoms with Gasteiger partial charge < -0.3 is 15.8 Å². The van der Waals surface area contributed by atoms with E-state index in [1.54, 1.807) is 13.2 Å². The molecule has 1 aromatic carbocycles. The smallest absolute Gasteiger partial charge is 0.223 e. The number of hydrogen-bond acceptors (Lipinski definition) is 3. The molecular weight excluding hydrogens is 252 g/mol. The number of rotatable bonds is 6. The fourth-order valence-electron chi connectivity index (χ4n) is 1.67. The van der Waals surface area contributed by atoms with Crippen LogP contribution in [0.25, 0.3) is 0 Å². The highest BCUT2D eigenvalue weighted by Gasteiger charge is 2.15. The maximum absolute atomic E-state index is 11.8. The molecule has 2 atom stereocenters. The van der Waals surface area contributed by atoms with Gasteiger partial charge in [-0.2, -0.15) is 0 Å². The molecule has 3 N–H and O–H groups in total. The lowest BCUT2D eigenvalue weighted by atomic mass is 10.1. The number of carbonyl (C=O) groups is 1. The second-order valence-electron chi connectivity index (χ2n) is 4.11. The van der Waals surface area contributed by atoms with Crippen molar-refractivity contribution >= 4 is 17.5 Å². The van der Waals surface area contributed by atoms with E-state index in [1.165, 1.54) is 0 Å². The molecule has 4 nitrogen and oxygen atoms in total. The summed E-state index contributed by atoms with van der Waals surface area (Å²) in [6.45, 7) is 2.22. The van der Waals surface area contributed by atoms with Crippen LogP contribution in [0.4, 0.5) is 0 Å². The number of ether oxygens (including phenoxy) is 1. The molecule has 1 amide bonds. The van der Waals surface area contributed by atoms with E-state index in [1.807, 2.05) is 25.1 Å². The summed E-state index contributed by atoms with van der Waals surface area (Å²) < 4.78 is 5.07. The van der Waals surface area contributed by atoms with Crippen molar-refractivity contribution in [2.24, 2.45) is 5.73 Å². The van der Waals surface area contributed by atoms with Gasteiger partial charge >= 0.3 is 0 Å². The summed E-state index contributed by atoms with van der Waals surface area (Å²) in [7, 11) is 1.54. The highest BCUT2D eigenvalue weighted by atomic mass is 35.5. The standard InChI is InChI=1S/C13H19ClN2O2/c1-9(11-5-3-4-6-12(11)14)16-13(17)7-10(8-15)18-2/h3-6,9-10H,7-8,15H2,1-2H3,(H,16,17). The third kappa shape index (κ3) is 4.29. The summed E-state index contributed by atoms with van der Waals surface area (Å²) in [5.74, 6) is -0.0975. The molecule has 1 aromatic rings. The SMILES string of the molecule is COC(CN)CC(=O)NC(C)c1ccccc1Cl. The van der Waals surface area contributed by atoms with Crippen LogP contribution >= 0.6 is 11.6 Å². The van der Waals surface area contributed by atoms with Gasteiger partial charge in [0.2, 0.25) is 5.91 Å². The fourth-order valence-corrected chi connectivity index (χ4v) is 1.97. The third-order valence-corrected chi connectivity index (χ3v) is 3.10. The largest absolute Gasteiger partial charge is 0.380 e. The van der Waals surface area contributed by atoms with Gasteiger partial charge in [0, 0.05) is 18.7 Å². The van der Waals surface area contributed by atoms with Crippen molar-refractivity contribution in [3.63, 3.8) is 0 Å². The summed E-state index contributed by atoms with van der Waals surface area (Å²) in [4.78, 5) is 11.8. The topological polar surface area (TPSA) is 64.3 Å². The van der Waals surface area contributed by atoms with Gasteiger partial charge in [0.1, 0.15) is 0 Å². The Morgan fingerprint density at radius 3 is 2.72 bits per heavy atom. The van der Waals surface area contributed by atoms with E-state index in [0.29, 0.717) is 11.6 Å². The second-order valence-corrected chi connectivity index (χ2v) is 4.52. The Morgan fingerprint density at radius 1 is 1.50 bits per heavy atom. The monoisotopic (exact) mass is 270 g/mol. The van der Waals surface area contributed by atoms with Gasteiger partial charge in [-0.25, -0.2) is 0 Å². The zero-order valence-electron chi connectivity index (χ0n) is 10.7. The zero-order chi connectivity index (χ0) is 13.5. The minimum atomic E-state index is -0.247. The van der Waals surface area contributed by atoms with Crippen LogP contribution in [-0.4, -0.2) is 25.7 Å². The molecule has 100 valence electrons. The normalized spacial score (nSPS) is 14.0. The van der Waals surface area contributed by atoms with Crippen LogP contribution in [0.1, 0.15) is 24.9 Å². The first-order valence-electron chi connectivity index (χ1n) is 5.85. The minimum absolute atomic E-state index is 0.0975. The molecule has 5 heteroatoms. The number of benzene rings is 1. The Hall–Kier alpha value is -1.10. The maximum atomic E-state index is 11.8. The summed E-state index contributed by atoms with van der Waals surface area (Å²) >= 11 is 6.07. The molecule has 0 aliphatic heterocycles. The molecule has 0 heterocycles. The first kappa shape index (κ1) is 15.0. The van der Waals surface area contributed by atoms with Crippen LogP contribution in [0.5, 0.6) is 0 Å². The molecule has 0 saturated heterocycles. The van der Waals surface area contributed by atoms with Gasteiger partial charge in [0.05, 0.1) is 18.6 Å². The van der Waals surface area contributed by atoms with Gasteiger partial charge in [-0.05, 0) is 18.6 Å². The van der Waals surface area contributed by atoms with E-state index < -0.39 is 0 Å². The molecular formula is C13H19ClN2O2. The predicted octanol–water partition coefficient (Wildman–Crippen LogP) is 1.88. The Kier molecular flexibility index (Phi) is 6.12. The lowest BCUT2D eigenvalue weighted by molar-refractivity contribution is -0.124. The van der Waals surface area contributed by atoms with Crippen LogP contribution < -0.4 is 11.1 Å². The highest BCUT2D eigenvalue weighted by molar-refractivity contribution is 6.31. The summed E-state index contributed by atoms with van der Waals surface area (Å²) in [5, 5.41) is 3.52. The maximum Gasteiger partial charge on any atom is 0.223 e. The number of halogens is 1. The Bertz CT molecular complexity index is 394. The molecule has 0 saturated carbocycles. The van der Waals surface area contributed by atoms with Gasteiger partial charge in [0.25, 0.3) is 0 Å². The van der Waals surface area contributed by atoms with Crippen LogP contribution in [0, 0.1) is 0 Å². The molecule has 1 rings (SSSR count). The number of amides is 1. The Balaban J connectivity index is 2.57. The lowest BCUT2D eigenvalue weighted by Gasteiger charge is -2.18. The molecule has 0 radical (unpaired) electrons. The van der Waals surface area contributed by atoms with Crippen molar-refractivity contribution in [1.82, 2.24) is 5.32 Å². The first-order chi connectivity index (χ1) is 8.58. The van der Waals surface area contributed by atoms with Crippen LogP contribution in [0.2, 0.25) is 5.02 Å². The van der Waals surface area contributed by atoms with Crippen molar-refractivity contribution in [1.29, 1.82) is 0 Å². The number of nitrogens with one attached hydrogen (secondary N) is 1. The highest BCUT2D eigenvalue weighted by Crippen LogP contribution is 2.22. The van der Waals surface area contributed by atoms with E-state index >= 15 is 0 Å². The molecule has 0 aliphatic rings. The van der Waals surface area contributed by atoms with Crippen molar-refractivity contribution in [3.8, 4) is 0 Å². The lowest BCUT2D eigenvalue weighted by Crippen LogP contribution is -2.33. The predicted molar refractivity (Wildman–Crippen MR) is 72.5 cm³/mol. The average Bonchev–Trinajstić information content (AvgIpc) is 2.36. The second kappa shape index (κ2) is 7.36. The van der Waals surface area contributed by atoms with E-state index in [2.05, 4.69) is 5.32 Å². The number of methoxy groups -OCH3 is 1. The molecule has 18 heavy (non-hydrogen) atoms. The summed E-state index contributed by atoms with van der Waals surface area (Å²) in [6, 6.07) is 7.31. The summed E-state index contributed by atoms with van der Waals surface area (Å²) in [5.41, 5.74) is 6.37. The van der Waals surface area contributed by atoms with Gasteiger partial charge in [-0.1, -0.05) is 29.8 Å². The average molecular weight is 271 g/mol. The van der Waals surface area contributed by atoms with E-state index in [0.717, 1.165) is 5.56 Å². The minimum Gasteiger partial charge on any atom is -0.380 e. The number of hydrogen-bond donors (Lipinski definition) is 2. The van der Waals surface area contributed by atoms with Crippen LogP contribution in [0.15, 0.2) is 24.3 Å². The molecule has 0 aromatic heterocycles. The van der Waals surface area contributed by atoms with Gasteiger partial charge in [0.15, 0.2) is 0 Å². The first-order valence-corrected chi connectivity index (χ1v) is 6.23. The van der Waals surface area contributed by atoms with Crippen LogP contribution in [0.3, 0.4) is 0 Å². The molecule has 2 unspecified atom stereocenters. The van der Waals surface area contributed by atoms with Crippen molar-refractivity contribution in [2.75, 3.05) is 13.7 Å². The van der Waals surface area contributed by atoms with Crippen molar-refractivity contribution < 1.29 is 9.53 Å². The van der Waals surface area contributed by atoms with Crippen molar-refractivity contribution in [3.05, 3.63) is 34.9 Å². The van der Waals surface area contributed by atoms with E-state index in [-0.39, 0.29) is 24.5 Å². The van der Waals surface area contributed by atoms with E-state index in [9.17, 15) is 4.79 Å². The van der Waals surface area contributed by atoms with Crippen LogP contribution in [-0.2, 0) is 9.53 Å². The van der Waals surface area contributed by atoms with Gasteiger partial charge in [-0.3, -0.25) is 4.79 Å². The Morgan fingerprint density at radius 2 is 2.17 bits per heavy atom. The number of nitrogens with two attached hydrogens (primary N) is 1.